The van der Waals surface area contributed by atoms with Crippen LogP contribution in [0.4, 0.5) is 0 Å². The maximum Gasteiger partial charge on any atom is 0.118 e. The van der Waals surface area contributed by atoms with E-state index in [1.165, 1.54) is 11.1 Å². The number of aromatic nitrogens is 2. The molecule has 0 fully saturated rings. The third-order valence-electron chi connectivity index (χ3n) is 3.30. The van der Waals surface area contributed by atoms with Gasteiger partial charge in [0.1, 0.15) is 5.75 Å². The molecular formula is C18H16N2O. The van der Waals surface area contributed by atoms with Crippen LogP contribution in [0.1, 0.15) is 5.56 Å². The summed E-state index contributed by atoms with van der Waals surface area (Å²) in [6.07, 6.45) is 9.47. The Morgan fingerprint density at radius 2 is 1.62 bits per heavy atom. The minimum atomic E-state index is 0.874. The van der Waals surface area contributed by atoms with Gasteiger partial charge in [0.25, 0.3) is 0 Å². The van der Waals surface area contributed by atoms with Gasteiger partial charge in [0, 0.05) is 18.6 Å². The second-order valence-corrected chi connectivity index (χ2v) is 4.68. The SMILES string of the molecule is COc1ccc(-c2ccc(/C=C/n3ccnc3)cc2)cc1. The number of imidazole rings is 1. The third kappa shape index (κ3) is 3.20. The highest BCUT2D eigenvalue weighted by Gasteiger charge is 1.98. The van der Waals surface area contributed by atoms with E-state index in [9.17, 15) is 0 Å². The Balaban J connectivity index is 1.77. The second kappa shape index (κ2) is 6.09. The van der Waals surface area contributed by atoms with Crippen molar-refractivity contribution in [2.75, 3.05) is 7.11 Å². The molecule has 0 radical (unpaired) electrons. The first-order chi connectivity index (χ1) is 10.3. The molecule has 1 aromatic heterocycles. The predicted octanol–water partition coefficient (Wildman–Crippen LogP) is 4.19. The van der Waals surface area contributed by atoms with Crippen LogP contribution in [0.2, 0.25) is 0 Å². The number of nitrogens with zero attached hydrogens (tertiary/aromatic N) is 2. The molecule has 0 saturated heterocycles. The lowest BCUT2D eigenvalue weighted by Gasteiger charge is -2.04. The van der Waals surface area contributed by atoms with Gasteiger partial charge < -0.3 is 9.30 Å². The van der Waals surface area contributed by atoms with Gasteiger partial charge in [0.2, 0.25) is 0 Å². The number of rotatable bonds is 4. The molecule has 0 aliphatic rings. The van der Waals surface area contributed by atoms with Crippen molar-refractivity contribution >= 4 is 12.3 Å². The minimum Gasteiger partial charge on any atom is -0.497 e. The Hall–Kier alpha value is -2.81. The van der Waals surface area contributed by atoms with Gasteiger partial charge in [0.05, 0.1) is 13.4 Å². The molecule has 1 heterocycles. The molecule has 0 unspecified atom stereocenters. The monoisotopic (exact) mass is 276 g/mol. The van der Waals surface area contributed by atoms with E-state index in [0.717, 1.165) is 11.3 Å². The average molecular weight is 276 g/mol. The number of benzene rings is 2. The Kier molecular flexibility index (Phi) is 3.83. The summed E-state index contributed by atoms with van der Waals surface area (Å²) in [6.45, 7) is 0. The van der Waals surface area contributed by atoms with Gasteiger partial charge in [-0.2, -0.15) is 0 Å². The van der Waals surface area contributed by atoms with Crippen LogP contribution < -0.4 is 4.74 Å². The molecular weight excluding hydrogens is 260 g/mol. The molecule has 3 heteroatoms. The third-order valence-corrected chi connectivity index (χ3v) is 3.30. The molecule has 0 atom stereocenters. The first-order valence-corrected chi connectivity index (χ1v) is 6.75. The molecule has 0 aliphatic carbocycles. The average Bonchev–Trinajstić information content (AvgIpc) is 3.07. The van der Waals surface area contributed by atoms with Crippen LogP contribution in [0, 0.1) is 0 Å². The highest BCUT2D eigenvalue weighted by Crippen LogP contribution is 2.23. The van der Waals surface area contributed by atoms with Crippen molar-refractivity contribution in [3.63, 3.8) is 0 Å². The van der Waals surface area contributed by atoms with Gasteiger partial charge in [-0.25, -0.2) is 4.98 Å². The smallest absolute Gasteiger partial charge is 0.118 e. The van der Waals surface area contributed by atoms with E-state index < -0.39 is 0 Å². The summed E-state index contributed by atoms with van der Waals surface area (Å²) in [5, 5.41) is 0. The minimum absolute atomic E-state index is 0.874. The van der Waals surface area contributed by atoms with Crippen LogP contribution in [0.3, 0.4) is 0 Å². The Labute approximate surface area is 124 Å². The normalized spacial score (nSPS) is 10.9. The zero-order valence-electron chi connectivity index (χ0n) is 11.8. The van der Waals surface area contributed by atoms with Crippen LogP contribution in [0.15, 0.2) is 67.3 Å². The van der Waals surface area contributed by atoms with Crippen molar-refractivity contribution in [3.05, 3.63) is 72.8 Å². The van der Waals surface area contributed by atoms with Crippen LogP contribution in [0.25, 0.3) is 23.4 Å². The zero-order chi connectivity index (χ0) is 14.5. The summed E-state index contributed by atoms with van der Waals surface area (Å²) in [5.41, 5.74) is 3.53. The van der Waals surface area contributed by atoms with Gasteiger partial charge in [-0.15, -0.1) is 0 Å². The summed E-state index contributed by atoms with van der Waals surface area (Å²) in [5.74, 6) is 0.874. The van der Waals surface area contributed by atoms with Crippen LogP contribution in [0.5, 0.6) is 5.75 Å². The second-order valence-electron chi connectivity index (χ2n) is 4.68. The number of methoxy groups -OCH3 is 1. The summed E-state index contributed by atoms with van der Waals surface area (Å²) >= 11 is 0. The molecule has 0 saturated carbocycles. The molecule has 104 valence electrons. The molecule has 21 heavy (non-hydrogen) atoms. The first kappa shape index (κ1) is 13.2. The van der Waals surface area contributed by atoms with E-state index in [2.05, 4.69) is 47.5 Å². The molecule has 3 rings (SSSR count). The Morgan fingerprint density at radius 3 is 2.19 bits per heavy atom. The number of hydrogen-bond donors (Lipinski definition) is 0. The lowest BCUT2D eigenvalue weighted by atomic mass is 10.0. The maximum absolute atomic E-state index is 5.17. The van der Waals surface area contributed by atoms with E-state index in [4.69, 9.17) is 4.74 Å². The molecule has 0 bridgehead atoms. The molecule has 0 N–H and O–H groups in total. The lowest BCUT2D eigenvalue weighted by Crippen LogP contribution is -1.83. The summed E-state index contributed by atoms with van der Waals surface area (Å²) in [6, 6.07) is 16.5. The topological polar surface area (TPSA) is 27.1 Å². The Bertz CT molecular complexity index is 711. The van der Waals surface area contributed by atoms with Crippen molar-refractivity contribution in [2.45, 2.75) is 0 Å². The van der Waals surface area contributed by atoms with Crippen molar-refractivity contribution in [3.8, 4) is 16.9 Å². The molecule has 0 aliphatic heterocycles. The number of hydrogen-bond acceptors (Lipinski definition) is 2. The van der Waals surface area contributed by atoms with Gasteiger partial charge in [-0.3, -0.25) is 0 Å². The van der Waals surface area contributed by atoms with E-state index >= 15 is 0 Å². The first-order valence-electron chi connectivity index (χ1n) is 6.75. The fourth-order valence-corrected chi connectivity index (χ4v) is 2.10. The van der Waals surface area contributed by atoms with Crippen molar-refractivity contribution in [2.24, 2.45) is 0 Å². The maximum atomic E-state index is 5.17. The van der Waals surface area contributed by atoms with Crippen LogP contribution in [-0.4, -0.2) is 16.7 Å². The van der Waals surface area contributed by atoms with E-state index in [-0.39, 0.29) is 0 Å². The molecule has 2 aromatic carbocycles. The predicted molar refractivity (Wildman–Crippen MR) is 85.9 cm³/mol. The highest BCUT2D eigenvalue weighted by atomic mass is 16.5. The van der Waals surface area contributed by atoms with Gasteiger partial charge in [0.15, 0.2) is 0 Å². The van der Waals surface area contributed by atoms with E-state index in [1.54, 1.807) is 19.6 Å². The van der Waals surface area contributed by atoms with E-state index in [0.29, 0.717) is 0 Å². The fraction of sp³-hybridized carbons (Fsp3) is 0.0556. The van der Waals surface area contributed by atoms with Crippen molar-refractivity contribution in [1.82, 2.24) is 9.55 Å². The fourth-order valence-electron chi connectivity index (χ4n) is 2.10. The van der Waals surface area contributed by atoms with Gasteiger partial charge >= 0.3 is 0 Å². The summed E-state index contributed by atoms with van der Waals surface area (Å²) in [7, 11) is 1.68. The standard InChI is InChI=1S/C18H16N2O/c1-21-18-8-6-17(7-9-18)16-4-2-15(3-5-16)10-12-20-13-11-19-14-20/h2-14H,1H3/b12-10+. The molecule has 0 amide bonds. The van der Waals surface area contributed by atoms with Crippen LogP contribution >= 0.6 is 0 Å². The van der Waals surface area contributed by atoms with Crippen molar-refractivity contribution < 1.29 is 4.74 Å². The van der Waals surface area contributed by atoms with Crippen LogP contribution in [-0.2, 0) is 0 Å². The summed E-state index contributed by atoms with van der Waals surface area (Å²) < 4.78 is 7.09. The van der Waals surface area contributed by atoms with Gasteiger partial charge in [-0.1, -0.05) is 36.4 Å². The van der Waals surface area contributed by atoms with Gasteiger partial charge in [-0.05, 0) is 34.9 Å². The van der Waals surface area contributed by atoms with E-state index in [1.807, 2.05) is 29.1 Å². The molecule has 3 aromatic rings. The highest BCUT2D eigenvalue weighted by molar-refractivity contribution is 5.68. The Morgan fingerprint density at radius 1 is 0.952 bits per heavy atom. The zero-order valence-corrected chi connectivity index (χ0v) is 11.8. The molecule has 0 spiro atoms. The summed E-state index contributed by atoms with van der Waals surface area (Å²) in [4.78, 5) is 4.00. The largest absolute Gasteiger partial charge is 0.497 e. The quantitative estimate of drug-likeness (QED) is 0.714. The number of ether oxygens (including phenoxy) is 1. The van der Waals surface area contributed by atoms with Crippen molar-refractivity contribution in [1.29, 1.82) is 0 Å². The lowest BCUT2D eigenvalue weighted by molar-refractivity contribution is 0.415. The molecule has 3 nitrogen and oxygen atoms in total.